The predicted octanol–water partition coefficient (Wildman–Crippen LogP) is 2.71. The molecule has 158 valence electrons. The predicted molar refractivity (Wildman–Crippen MR) is 115 cm³/mol. The number of imidazole rings is 1. The Labute approximate surface area is 176 Å². The number of amides is 1. The third kappa shape index (κ3) is 2.88. The second-order valence-corrected chi connectivity index (χ2v) is 8.68. The van der Waals surface area contributed by atoms with Crippen molar-refractivity contribution in [1.82, 2.24) is 29.0 Å². The number of aromatic nitrogens is 5. The number of hydrogen-bond donors (Lipinski definition) is 1. The molecule has 1 saturated heterocycles. The molecule has 3 aromatic heterocycles. The van der Waals surface area contributed by atoms with E-state index in [1.165, 1.54) is 11.3 Å². The second kappa shape index (κ2) is 7.11. The van der Waals surface area contributed by atoms with Crippen LogP contribution in [0.4, 0.5) is 5.82 Å². The summed E-state index contributed by atoms with van der Waals surface area (Å²) in [5.41, 5.74) is 4.10. The summed E-state index contributed by atoms with van der Waals surface area (Å²) in [6, 6.07) is 0. The van der Waals surface area contributed by atoms with Gasteiger partial charge in [-0.15, -0.1) is 0 Å². The summed E-state index contributed by atoms with van der Waals surface area (Å²) >= 11 is 0. The molecule has 0 atom stereocenters. The Hall–Kier alpha value is -2.90. The highest BCUT2D eigenvalue weighted by Gasteiger charge is 2.45. The molecule has 4 heterocycles. The van der Waals surface area contributed by atoms with Crippen LogP contribution >= 0.6 is 0 Å². The fourth-order valence-corrected chi connectivity index (χ4v) is 5.14. The average Bonchev–Trinajstić information content (AvgIpc) is 3.43. The van der Waals surface area contributed by atoms with Crippen LogP contribution < -0.4 is 5.32 Å². The van der Waals surface area contributed by atoms with Crippen LogP contribution in [-0.2, 0) is 18.9 Å². The van der Waals surface area contributed by atoms with Crippen molar-refractivity contribution in [2.24, 2.45) is 7.05 Å². The molecule has 1 aliphatic carbocycles. The van der Waals surface area contributed by atoms with Gasteiger partial charge in [0.25, 0.3) is 5.91 Å². The number of likely N-dealkylation sites (tertiary alicyclic amines) is 1. The van der Waals surface area contributed by atoms with E-state index < -0.39 is 0 Å². The minimum atomic E-state index is 0.0712. The molecule has 0 bridgehead atoms. The Bertz CT molecular complexity index is 1100. The number of nitrogens with zero attached hydrogens (tertiary/aromatic N) is 6. The van der Waals surface area contributed by atoms with Crippen molar-refractivity contribution in [1.29, 1.82) is 0 Å². The number of nitrogens with one attached hydrogen (secondary N) is 1. The molecule has 1 N–H and O–H groups in total. The van der Waals surface area contributed by atoms with Crippen molar-refractivity contribution in [3.05, 3.63) is 41.2 Å². The maximum absolute atomic E-state index is 13.2. The van der Waals surface area contributed by atoms with Gasteiger partial charge in [-0.25, -0.2) is 14.5 Å². The SMILES string of the molecule is CCCNc1nc(C)nc2c1CCC21CCN(C(=O)c2cnn3ccn(C)c23)CC1. The van der Waals surface area contributed by atoms with E-state index in [2.05, 4.69) is 22.3 Å². The number of hydrogen-bond acceptors (Lipinski definition) is 5. The zero-order valence-corrected chi connectivity index (χ0v) is 18.0. The molecule has 0 saturated carbocycles. The van der Waals surface area contributed by atoms with Gasteiger partial charge in [0.2, 0.25) is 0 Å². The monoisotopic (exact) mass is 407 g/mol. The molecule has 1 spiro atoms. The second-order valence-electron chi connectivity index (χ2n) is 8.68. The van der Waals surface area contributed by atoms with Crippen LogP contribution in [0.1, 0.15) is 60.0 Å². The van der Waals surface area contributed by atoms with Crippen LogP contribution in [0.15, 0.2) is 18.6 Å². The van der Waals surface area contributed by atoms with Gasteiger partial charge in [-0.2, -0.15) is 5.10 Å². The normalized spacial score (nSPS) is 17.6. The van der Waals surface area contributed by atoms with Gasteiger partial charge in [0, 0.05) is 50.1 Å². The molecule has 1 aliphatic heterocycles. The van der Waals surface area contributed by atoms with Crippen LogP contribution in [0.5, 0.6) is 0 Å². The van der Waals surface area contributed by atoms with E-state index in [-0.39, 0.29) is 11.3 Å². The van der Waals surface area contributed by atoms with E-state index in [1.54, 1.807) is 10.7 Å². The first-order chi connectivity index (χ1) is 14.5. The van der Waals surface area contributed by atoms with Gasteiger partial charge >= 0.3 is 0 Å². The zero-order chi connectivity index (χ0) is 20.9. The first-order valence-electron chi connectivity index (χ1n) is 10.9. The molecule has 8 nitrogen and oxygen atoms in total. The summed E-state index contributed by atoms with van der Waals surface area (Å²) in [6.45, 7) is 6.58. The highest BCUT2D eigenvalue weighted by Crippen LogP contribution is 2.47. The quantitative estimate of drug-likeness (QED) is 0.719. The Balaban J connectivity index is 1.37. The smallest absolute Gasteiger partial charge is 0.259 e. The van der Waals surface area contributed by atoms with Crippen LogP contribution in [0, 0.1) is 6.92 Å². The molecule has 30 heavy (non-hydrogen) atoms. The Morgan fingerprint density at radius 3 is 2.77 bits per heavy atom. The van der Waals surface area contributed by atoms with Crippen molar-refractivity contribution in [3.63, 3.8) is 0 Å². The Kier molecular flexibility index (Phi) is 4.52. The minimum Gasteiger partial charge on any atom is -0.370 e. The van der Waals surface area contributed by atoms with Crippen LogP contribution in [-0.4, -0.2) is 54.6 Å². The topological polar surface area (TPSA) is 80.3 Å². The Morgan fingerprint density at radius 2 is 2.00 bits per heavy atom. The molecule has 3 aromatic rings. The highest BCUT2D eigenvalue weighted by atomic mass is 16.2. The van der Waals surface area contributed by atoms with Gasteiger partial charge in [0.1, 0.15) is 22.9 Å². The van der Waals surface area contributed by atoms with Crippen molar-refractivity contribution in [2.75, 3.05) is 25.0 Å². The van der Waals surface area contributed by atoms with Crippen molar-refractivity contribution in [2.45, 2.75) is 51.4 Å². The summed E-state index contributed by atoms with van der Waals surface area (Å²) in [5.74, 6) is 1.92. The number of rotatable bonds is 4. The lowest BCUT2D eigenvalue weighted by Gasteiger charge is -2.39. The summed E-state index contributed by atoms with van der Waals surface area (Å²) in [6.07, 6.45) is 10.6. The standard InChI is InChI=1S/C22H29N7O/c1-4-9-23-19-16-5-6-22(18(16)25-15(2)26-19)7-10-28(11-8-22)21(30)17-14-24-29-13-12-27(3)20(17)29/h12-14H,4-11H2,1-3H3,(H,23,25,26). The molecule has 1 fully saturated rings. The van der Waals surface area contributed by atoms with E-state index in [0.29, 0.717) is 5.56 Å². The fraction of sp³-hybridized carbons (Fsp3) is 0.545. The van der Waals surface area contributed by atoms with Crippen molar-refractivity contribution in [3.8, 4) is 0 Å². The maximum atomic E-state index is 13.2. The molecular formula is C22H29N7O. The van der Waals surface area contributed by atoms with E-state index in [0.717, 1.165) is 69.0 Å². The van der Waals surface area contributed by atoms with Crippen molar-refractivity contribution >= 4 is 17.4 Å². The van der Waals surface area contributed by atoms with Crippen molar-refractivity contribution < 1.29 is 4.79 Å². The molecular weight excluding hydrogens is 378 g/mol. The molecule has 5 rings (SSSR count). The molecule has 0 radical (unpaired) electrons. The number of fused-ring (bicyclic) bond motifs is 3. The number of carbonyl (C=O) groups is 1. The number of aryl methyl sites for hydroxylation is 2. The maximum Gasteiger partial charge on any atom is 0.259 e. The van der Waals surface area contributed by atoms with Gasteiger partial charge in [-0.1, -0.05) is 6.92 Å². The van der Waals surface area contributed by atoms with E-state index >= 15 is 0 Å². The summed E-state index contributed by atoms with van der Waals surface area (Å²) in [7, 11) is 1.95. The first kappa shape index (κ1) is 19.1. The zero-order valence-electron chi connectivity index (χ0n) is 18.0. The van der Waals surface area contributed by atoms with Gasteiger partial charge in [0.15, 0.2) is 0 Å². The van der Waals surface area contributed by atoms with Gasteiger partial charge in [0.05, 0.1) is 11.9 Å². The largest absolute Gasteiger partial charge is 0.370 e. The molecule has 2 aliphatic rings. The summed E-state index contributed by atoms with van der Waals surface area (Å²) < 4.78 is 3.71. The number of anilines is 1. The molecule has 1 amide bonds. The average molecular weight is 408 g/mol. The van der Waals surface area contributed by atoms with E-state index in [4.69, 9.17) is 4.98 Å². The van der Waals surface area contributed by atoms with Gasteiger partial charge < -0.3 is 14.8 Å². The lowest BCUT2D eigenvalue weighted by atomic mass is 9.76. The number of carbonyl (C=O) groups excluding carboxylic acids is 1. The third-order valence-electron chi connectivity index (χ3n) is 6.79. The minimum absolute atomic E-state index is 0.0712. The Morgan fingerprint density at radius 1 is 1.20 bits per heavy atom. The summed E-state index contributed by atoms with van der Waals surface area (Å²) in [5, 5.41) is 7.82. The lowest BCUT2D eigenvalue weighted by molar-refractivity contribution is 0.0665. The van der Waals surface area contributed by atoms with Gasteiger partial charge in [-0.05, 0) is 39.0 Å². The molecule has 8 heteroatoms. The van der Waals surface area contributed by atoms with E-state index in [1.807, 2.05) is 35.8 Å². The number of piperidine rings is 1. The molecule has 0 aromatic carbocycles. The summed E-state index contributed by atoms with van der Waals surface area (Å²) in [4.78, 5) is 24.8. The third-order valence-corrected chi connectivity index (χ3v) is 6.79. The van der Waals surface area contributed by atoms with Gasteiger partial charge in [-0.3, -0.25) is 4.79 Å². The molecule has 0 unspecified atom stereocenters. The first-order valence-corrected chi connectivity index (χ1v) is 10.9. The van der Waals surface area contributed by atoms with Crippen LogP contribution in [0.3, 0.4) is 0 Å². The fourth-order valence-electron chi connectivity index (χ4n) is 5.14. The highest BCUT2D eigenvalue weighted by molar-refractivity contribution is 5.99. The van der Waals surface area contributed by atoms with Crippen LogP contribution in [0.2, 0.25) is 0 Å². The lowest BCUT2D eigenvalue weighted by Crippen LogP contribution is -2.44. The van der Waals surface area contributed by atoms with E-state index in [9.17, 15) is 4.79 Å². The van der Waals surface area contributed by atoms with Crippen LogP contribution in [0.25, 0.3) is 5.65 Å².